The molecule has 2 aromatic rings. The fourth-order valence-electron chi connectivity index (χ4n) is 4.16. The van der Waals surface area contributed by atoms with E-state index in [1.807, 2.05) is 24.7 Å². The first-order valence-corrected chi connectivity index (χ1v) is 8.17. The SMILES string of the molecule is c1cnc(C[C@H]2CCC[C@@H]3CN(c4cnccn4)C[C@H]23)nc1. The van der Waals surface area contributed by atoms with Gasteiger partial charge >= 0.3 is 0 Å². The molecular formula is C17H21N5. The van der Waals surface area contributed by atoms with Crippen molar-refractivity contribution in [3.8, 4) is 0 Å². The highest BCUT2D eigenvalue weighted by molar-refractivity contribution is 5.37. The maximum absolute atomic E-state index is 4.47. The summed E-state index contributed by atoms with van der Waals surface area (Å²) in [5.74, 6) is 4.23. The predicted octanol–water partition coefficient (Wildman–Crippen LogP) is 2.36. The lowest BCUT2D eigenvalue weighted by Gasteiger charge is -2.32. The average molecular weight is 295 g/mol. The van der Waals surface area contributed by atoms with Crippen molar-refractivity contribution in [3.05, 3.63) is 42.9 Å². The maximum Gasteiger partial charge on any atom is 0.147 e. The van der Waals surface area contributed by atoms with Crippen molar-refractivity contribution < 1.29 is 0 Å². The van der Waals surface area contributed by atoms with Crippen LogP contribution in [0.4, 0.5) is 5.82 Å². The Labute approximate surface area is 130 Å². The summed E-state index contributed by atoms with van der Waals surface area (Å²) in [7, 11) is 0. The van der Waals surface area contributed by atoms with Crippen LogP contribution in [0.15, 0.2) is 37.1 Å². The second kappa shape index (κ2) is 5.99. The fourth-order valence-corrected chi connectivity index (χ4v) is 4.16. The highest BCUT2D eigenvalue weighted by atomic mass is 15.2. The number of aromatic nitrogens is 4. The molecule has 0 aromatic carbocycles. The van der Waals surface area contributed by atoms with Crippen LogP contribution in [0.2, 0.25) is 0 Å². The van der Waals surface area contributed by atoms with E-state index in [-0.39, 0.29) is 0 Å². The van der Waals surface area contributed by atoms with Crippen molar-refractivity contribution in [2.45, 2.75) is 25.7 Å². The normalized spacial score (nSPS) is 27.6. The zero-order valence-electron chi connectivity index (χ0n) is 12.7. The van der Waals surface area contributed by atoms with Crippen LogP contribution in [0, 0.1) is 17.8 Å². The van der Waals surface area contributed by atoms with Gasteiger partial charge < -0.3 is 4.90 Å². The first-order chi connectivity index (χ1) is 10.9. The number of hydrogen-bond acceptors (Lipinski definition) is 5. The molecule has 1 saturated carbocycles. The molecule has 0 radical (unpaired) electrons. The van der Waals surface area contributed by atoms with E-state index in [0.717, 1.165) is 43.0 Å². The Morgan fingerprint density at radius 2 is 1.91 bits per heavy atom. The molecule has 1 aliphatic carbocycles. The smallest absolute Gasteiger partial charge is 0.147 e. The highest BCUT2D eigenvalue weighted by Crippen LogP contribution is 2.42. The highest BCUT2D eigenvalue weighted by Gasteiger charge is 2.40. The van der Waals surface area contributed by atoms with Crippen LogP contribution in [0.1, 0.15) is 25.1 Å². The van der Waals surface area contributed by atoms with Crippen LogP contribution in [-0.2, 0) is 6.42 Å². The third kappa shape index (κ3) is 2.67. The molecule has 2 aromatic heterocycles. The molecule has 0 bridgehead atoms. The Balaban J connectivity index is 1.49. The topological polar surface area (TPSA) is 54.8 Å². The van der Waals surface area contributed by atoms with E-state index in [4.69, 9.17) is 0 Å². The molecule has 5 nitrogen and oxygen atoms in total. The molecule has 0 unspecified atom stereocenters. The molecule has 2 fully saturated rings. The van der Waals surface area contributed by atoms with Gasteiger partial charge in [-0.05, 0) is 36.7 Å². The summed E-state index contributed by atoms with van der Waals surface area (Å²) in [6.07, 6.45) is 14.1. The molecular weight excluding hydrogens is 274 g/mol. The van der Waals surface area contributed by atoms with Gasteiger partial charge in [-0.2, -0.15) is 0 Å². The zero-order chi connectivity index (χ0) is 14.8. The van der Waals surface area contributed by atoms with Crippen molar-refractivity contribution in [1.29, 1.82) is 0 Å². The summed E-state index contributed by atoms with van der Waals surface area (Å²) < 4.78 is 0. The third-order valence-electron chi connectivity index (χ3n) is 5.18. The van der Waals surface area contributed by atoms with E-state index < -0.39 is 0 Å². The monoisotopic (exact) mass is 295 g/mol. The Morgan fingerprint density at radius 3 is 2.73 bits per heavy atom. The van der Waals surface area contributed by atoms with Crippen molar-refractivity contribution in [2.24, 2.45) is 17.8 Å². The van der Waals surface area contributed by atoms with Crippen LogP contribution >= 0.6 is 0 Å². The van der Waals surface area contributed by atoms with E-state index >= 15 is 0 Å². The molecule has 0 amide bonds. The average Bonchev–Trinajstić information content (AvgIpc) is 3.02. The molecule has 0 spiro atoms. The van der Waals surface area contributed by atoms with Crippen molar-refractivity contribution in [2.75, 3.05) is 18.0 Å². The number of anilines is 1. The van der Waals surface area contributed by atoms with Gasteiger partial charge in [0, 0.05) is 44.3 Å². The van der Waals surface area contributed by atoms with Gasteiger partial charge in [-0.25, -0.2) is 15.0 Å². The van der Waals surface area contributed by atoms with Gasteiger partial charge in [0.15, 0.2) is 0 Å². The Kier molecular flexibility index (Phi) is 3.70. The van der Waals surface area contributed by atoms with Gasteiger partial charge in [0.1, 0.15) is 11.6 Å². The number of rotatable bonds is 3. The lowest BCUT2D eigenvalue weighted by molar-refractivity contribution is 0.196. The molecule has 0 N–H and O–H groups in total. The van der Waals surface area contributed by atoms with Crippen molar-refractivity contribution >= 4 is 5.82 Å². The summed E-state index contributed by atoms with van der Waals surface area (Å²) in [6.45, 7) is 2.22. The van der Waals surface area contributed by atoms with Gasteiger partial charge in [0.05, 0.1) is 6.20 Å². The van der Waals surface area contributed by atoms with Gasteiger partial charge in [-0.1, -0.05) is 6.42 Å². The van der Waals surface area contributed by atoms with Crippen LogP contribution in [0.5, 0.6) is 0 Å². The Bertz CT molecular complexity index is 603. The number of hydrogen-bond donors (Lipinski definition) is 0. The molecule has 5 heteroatoms. The summed E-state index contributed by atoms with van der Waals surface area (Å²) in [4.78, 5) is 19.9. The Hall–Kier alpha value is -2.04. The van der Waals surface area contributed by atoms with Crippen LogP contribution in [0.25, 0.3) is 0 Å². The Morgan fingerprint density at radius 1 is 1.00 bits per heavy atom. The lowest BCUT2D eigenvalue weighted by Crippen LogP contribution is -2.29. The molecule has 1 aliphatic heterocycles. The molecule has 3 atom stereocenters. The number of nitrogens with zero attached hydrogens (tertiary/aromatic N) is 5. The molecule has 4 rings (SSSR count). The standard InChI is InChI=1S/C17H21N5/c1-3-13(9-16-19-5-2-6-20-16)15-12-22(11-14(15)4-1)17-10-18-7-8-21-17/h2,5-8,10,13-15H,1,3-4,9,11-12H2/t13-,14-,15-/m1/s1. The van der Waals surface area contributed by atoms with Gasteiger partial charge in [0.2, 0.25) is 0 Å². The quantitative estimate of drug-likeness (QED) is 0.870. The van der Waals surface area contributed by atoms with Gasteiger partial charge in [0.25, 0.3) is 0 Å². The first kappa shape index (κ1) is 13.6. The minimum atomic E-state index is 0.697. The zero-order valence-corrected chi connectivity index (χ0v) is 12.7. The summed E-state index contributed by atoms with van der Waals surface area (Å²) in [5, 5.41) is 0. The van der Waals surface area contributed by atoms with Crippen LogP contribution < -0.4 is 4.90 Å². The van der Waals surface area contributed by atoms with Gasteiger partial charge in [-0.15, -0.1) is 0 Å². The van der Waals surface area contributed by atoms with E-state index in [9.17, 15) is 0 Å². The van der Waals surface area contributed by atoms with E-state index in [2.05, 4.69) is 24.8 Å². The lowest BCUT2D eigenvalue weighted by atomic mass is 9.72. The fraction of sp³-hybridized carbons (Fsp3) is 0.529. The molecule has 22 heavy (non-hydrogen) atoms. The summed E-state index contributed by atoms with van der Waals surface area (Å²) in [5.41, 5.74) is 0. The van der Waals surface area contributed by atoms with Gasteiger partial charge in [-0.3, -0.25) is 4.98 Å². The summed E-state index contributed by atoms with van der Waals surface area (Å²) >= 11 is 0. The van der Waals surface area contributed by atoms with E-state index in [0.29, 0.717) is 5.92 Å². The minimum Gasteiger partial charge on any atom is -0.355 e. The van der Waals surface area contributed by atoms with E-state index in [1.54, 1.807) is 12.4 Å². The molecule has 1 saturated heterocycles. The second-order valence-electron chi connectivity index (χ2n) is 6.45. The maximum atomic E-state index is 4.47. The van der Waals surface area contributed by atoms with Crippen LogP contribution in [0.3, 0.4) is 0 Å². The molecule has 2 aliphatic rings. The van der Waals surface area contributed by atoms with E-state index in [1.165, 1.54) is 19.3 Å². The number of fused-ring (bicyclic) bond motifs is 1. The molecule has 114 valence electrons. The minimum absolute atomic E-state index is 0.697. The van der Waals surface area contributed by atoms with Crippen molar-refractivity contribution in [1.82, 2.24) is 19.9 Å². The largest absolute Gasteiger partial charge is 0.355 e. The van der Waals surface area contributed by atoms with Crippen LogP contribution in [-0.4, -0.2) is 33.0 Å². The predicted molar refractivity (Wildman–Crippen MR) is 84.3 cm³/mol. The summed E-state index contributed by atoms with van der Waals surface area (Å²) in [6, 6.07) is 1.89. The molecule has 3 heterocycles. The third-order valence-corrected chi connectivity index (χ3v) is 5.18. The van der Waals surface area contributed by atoms with Crippen molar-refractivity contribution in [3.63, 3.8) is 0 Å². The first-order valence-electron chi connectivity index (χ1n) is 8.17. The second-order valence-corrected chi connectivity index (χ2v) is 6.45.